The molecule has 0 fully saturated rings. The summed E-state index contributed by atoms with van der Waals surface area (Å²) in [7, 11) is 0. The zero-order chi connectivity index (χ0) is 37.0. The first kappa shape index (κ1) is 31.9. The maximum Gasteiger partial charge on any atom is 0.238 e. The van der Waals surface area contributed by atoms with E-state index < -0.39 is 0 Å². The molecule has 8 aromatic carbocycles. The lowest BCUT2D eigenvalue weighted by Crippen LogP contribution is -2.06. The second-order valence-corrected chi connectivity index (χ2v) is 14.1. The summed E-state index contributed by atoms with van der Waals surface area (Å²) in [6.07, 6.45) is 0. The molecule has 0 aliphatic heterocycles. The van der Waals surface area contributed by atoms with E-state index in [0.29, 0.717) is 17.6 Å². The van der Waals surface area contributed by atoms with E-state index in [-0.39, 0.29) is 0 Å². The van der Waals surface area contributed by atoms with E-state index in [1.807, 2.05) is 60.7 Å². The van der Waals surface area contributed by atoms with Crippen molar-refractivity contribution >= 4 is 43.6 Å². The molecule has 56 heavy (non-hydrogen) atoms. The van der Waals surface area contributed by atoms with E-state index in [2.05, 4.69) is 149 Å². The minimum absolute atomic E-state index is 0.577. The van der Waals surface area contributed by atoms with Gasteiger partial charge in [-0.15, -0.1) is 0 Å². The Balaban J connectivity index is 1.15. The Morgan fingerprint density at radius 3 is 1.43 bits per heavy atom. The molecular weight excluding hydrogens is 683 g/mol. The third-order valence-electron chi connectivity index (χ3n) is 10.8. The summed E-state index contributed by atoms with van der Waals surface area (Å²) in [5.74, 6) is 1.84. The quantitative estimate of drug-likeness (QED) is 0.172. The van der Waals surface area contributed by atoms with Crippen LogP contribution in [0.15, 0.2) is 200 Å². The Labute approximate surface area is 323 Å². The number of rotatable bonds is 6. The Bertz CT molecular complexity index is 3160. The third-order valence-corrected chi connectivity index (χ3v) is 10.8. The van der Waals surface area contributed by atoms with E-state index in [4.69, 9.17) is 15.0 Å². The Morgan fingerprint density at radius 1 is 0.304 bits per heavy atom. The van der Waals surface area contributed by atoms with Crippen molar-refractivity contribution in [2.24, 2.45) is 0 Å². The van der Waals surface area contributed by atoms with Gasteiger partial charge in [0.15, 0.2) is 11.6 Å². The molecular formula is C51H33N5. The third kappa shape index (κ3) is 5.21. The molecule has 0 atom stereocenters. The van der Waals surface area contributed by atoms with Crippen LogP contribution in [0.2, 0.25) is 0 Å². The highest BCUT2D eigenvalue weighted by Gasteiger charge is 2.23. The lowest BCUT2D eigenvalue weighted by atomic mass is 9.99. The SMILES string of the molecule is c1ccc(-c2cccc(-c3ccc(-n4c5ccccc5c5ccc6c(c7ccccc7n6-c6nc(-c7ccccc7)nc(-c7ccccc7)n6)c54)cc3)c2)cc1. The fraction of sp³-hybridized carbons (Fsp3) is 0. The summed E-state index contributed by atoms with van der Waals surface area (Å²) in [5.41, 5.74) is 12.1. The smallest absolute Gasteiger partial charge is 0.238 e. The summed E-state index contributed by atoms with van der Waals surface area (Å²) in [6.45, 7) is 0. The predicted molar refractivity (Wildman–Crippen MR) is 230 cm³/mol. The molecule has 5 heteroatoms. The Kier molecular flexibility index (Phi) is 7.42. The molecule has 0 saturated heterocycles. The van der Waals surface area contributed by atoms with Crippen molar-refractivity contribution in [3.8, 4) is 56.7 Å². The van der Waals surface area contributed by atoms with E-state index in [9.17, 15) is 0 Å². The Morgan fingerprint density at radius 2 is 0.804 bits per heavy atom. The summed E-state index contributed by atoms with van der Waals surface area (Å²) < 4.78 is 4.63. The second-order valence-electron chi connectivity index (χ2n) is 14.1. The van der Waals surface area contributed by atoms with E-state index in [1.54, 1.807) is 0 Å². The number of hydrogen-bond acceptors (Lipinski definition) is 3. The first-order chi connectivity index (χ1) is 27.8. The predicted octanol–water partition coefficient (Wildman–Crippen LogP) is 12.7. The maximum absolute atomic E-state index is 5.17. The first-order valence-electron chi connectivity index (χ1n) is 18.9. The lowest BCUT2D eigenvalue weighted by Gasteiger charge is -2.12. The van der Waals surface area contributed by atoms with Gasteiger partial charge >= 0.3 is 0 Å². The van der Waals surface area contributed by atoms with Crippen LogP contribution in [0.1, 0.15) is 0 Å². The van der Waals surface area contributed by atoms with Crippen LogP contribution < -0.4 is 0 Å². The molecule has 5 nitrogen and oxygen atoms in total. The van der Waals surface area contributed by atoms with E-state index in [0.717, 1.165) is 49.7 Å². The molecule has 0 radical (unpaired) electrons. The number of para-hydroxylation sites is 2. The summed E-state index contributed by atoms with van der Waals surface area (Å²) in [5, 5.41) is 4.69. The van der Waals surface area contributed by atoms with Crippen molar-refractivity contribution in [3.63, 3.8) is 0 Å². The van der Waals surface area contributed by atoms with Crippen LogP contribution in [0, 0.1) is 0 Å². The number of nitrogens with zero attached hydrogens (tertiary/aromatic N) is 5. The van der Waals surface area contributed by atoms with Gasteiger partial charge in [-0.2, -0.15) is 9.97 Å². The molecule has 11 rings (SSSR count). The van der Waals surface area contributed by atoms with Gasteiger partial charge in [0.2, 0.25) is 5.95 Å². The topological polar surface area (TPSA) is 48.5 Å². The van der Waals surface area contributed by atoms with Crippen molar-refractivity contribution in [2.45, 2.75) is 0 Å². The highest BCUT2D eigenvalue weighted by atomic mass is 15.2. The summed E-state index contributed by atoms with van der Waals surface area (Å²) >= 11 is 0. The number of aromatic nitrogens is 5. The first-order valence-corrected chi connectivity index (χ1v) is 18.9. The Hall–Kier alpha value is -7.63. The molecule has 0 bridgehead atoms. The molecule has 0 amide bonds. The van der Waals surface area contributed by atoms with Crippen LogP contribution in [0.5, 0.6) is 0 Å². The molecule has 0 unspecified atom stereocenters. The van der Waals surface area contributed by atoms with Gasteiger partial charge in [-0.05, 0) is 58.7 Å². The van der Waals surface area contributed by atoms with Crippen molar-refractivity contribution in [2.75, 3.05) is 0 Å². The van der Waals surface area contributed by atoms with Gasteiger partial charge in [0.25, 0.3) is 0 Å². The zero-order valence-corrected chi connectivity index (χ0v) is 30.3. The normalized spacial score (nSPS) is 11.6. The molecule has 11 aromatic rings. The highest BCUT2D eigenvalue weighted by Crippen LogP contribution is 2.42. The largest absolute Gasteiger partial charge is 0.309 e. The van der Waals surface area contributed by atoms with Gasteiger partial charge in [-0.3, -0.25) is 4.57 Å². The maximum atomic E-state index is 5.17. The van der Waals surface area contributed by atoms with Gasteiger partial charge in [0.05, 0.1) is 22.1 Å². The van der Waals surface area contributed by atoms with Gasteiger partial charge in [0, 0.05) is 38.4 Å². The number of benzene rings is 8. The minimum Gasteiger partial charge on any atom is -0.309 e. The fourth-order valence-electron chi connectivity index (χ4n) is 8.20. The summed E-state index contributed by atoms with van der Waals surface area (Å²) in [4.78, 5) is 15.3. The molecule has 3 heterocycles. The summed E-state index contributed by atoms with van der Waals surface area (Å²) in [6, 6.07) is 70.4. The molecule has 0 N–H and O–H groups in total. The van der Waals surface area contributed by atoms with Gasteiger partial charge in [-0.25, -0.2) is 4.98 Å². The second kappa shape index (κ2) is 13.0. The molecule has 0 spiro atoms. The average Bonchev–Trinajstić information content (AvgIpc) is 3.80. The van der Waals surface area contributed by atoms with Crippen LogP contribution in [-0.4, -0.2) is 24.1 Å². The van der Waals surface area contributed by atoms with Crippen molar-refractivity contribution in [1.82, 2.24) is 24.1 Å². The van der Waals surface area contributed by atoms with Crippen LogP contribution >= 0.6 is 0 Å². The fourth-order valence-corrected chi connectivity index (χ4v) is 8.20. The van der Waals surface area contributed by atoms with Crippen LogP contribution in [0.4, 0.5) is 0 Å². The molecule has 0 aliphatic rings. The van der Waals surface area contributed by atoms with Crippen molar-refractivity contribution in [3.05, 3.63) is 200 Å². The van der Waals surface area contributed by atoms with E-state index >= 15 is 0 Å². The van der Waals surface area contributed by atoms with Gasteiger partial charge in [0.1, 0.15) is 0 Å². The molecule has 0 saturated carbocycles. The van der Waals surface area contributed by atoms with Crippen molar-refractivity contribution in [1.29, 1.82) is 0 Å². The van der Waals surface area contributed by atoms with Crippen molar-refractivity contribution < 1.29 is 0 Å². The lowest BCUT2D eigenvalue weighted by molar-refractivity contribution is 0.953. The van der Waals surface area contributed by atoms with Gasteiger partial charge in [-0.1, -0.05) is 164 Å². The zero-order valence-electron chi connectivity index (χ0n) is 30.3. The molecule has 0 aliphatic carbocycles. The number of fused-ring (bicyclic) bond motifs is 7. The number of hydrogen-bond donors (Lipinski definition) is 0. The highest BCUT2D eigenvalue weighted by molar-refractivity contribution is 6.26. The van der Waals surface area contributed by atoms with Crippen LogP contribution in [0.25, 0.3) is 100 Å². The molecule has 3 aromatic heterocycles. The van der Waals surface area contributed by atoms with E-state index in [1.165, 1.54) is 33.0 Å². The average molecular weight is 716 g/mol. The standard InChI is InChI=1S/C51H33N5/c1-4-15-34(16-5-1)38-21-14-22-39(33-38)35-27-29-40(30-28-35)55-44-25-12-10-23-41(44)42-31-32-46-47(48(42)55)43-24-11-13-26-45(43)56(46)51-53-49(36-17-6-2-7-18-36)52-50(54-51)37-19-8-3-9-20-37/h1-33H. The van der Waals surface area contributed by atoms with Crippen LogP contribution in [0.3, 0.4) is 0 Å². The van der Waals surface area contributed by atoms with Crippen LogP contribution in [-0.2, 0) is 0 Å². The monoisotopic (exact) mass is 715 g/mol. The minimum atomic E-state index is 0.577. The molecule has 262 valence electrons. The van der Waals surface area contributed by atoms with Gasteiger partial charge < -0.3 is 4.57 Å².